The van der Waals surface area contributed by atoms with Gasteiger partial charge in [-0.25, -0.2) is 0 Å². The molecule has 0 aromatic heterocycles. The van der Waals surface area contributed by atoms with Crippen molar-refractivity contribution in [3.63, 3.8) is 0 Å². The zero-order chi connectivity index (χ0) is 11.3. The normalized spacial score (nSPS) is 22.2. The zero-order valence-corrected chi connectivity index (χ0v) is 10.3. The molecule has 1 aliphatic heterocycles. The summed E-state index contributed by atoms with van der Waals surface area (Å²) in [5, 5.41) is 0. The highest BCUT2D eigenvalue weighted by Crippen LogP contribution is 2.13. The van der Waals surface area contributed by atoms with Gasteiger partial charge in [-0.05, 0) is 40.0 Å². The van der Waals surface area contributed by atoms with Crippen LogP contribution in [0.15, 0.2) is 0 Å². The second-order valence-electron chi connectivity index (χ2n) is 4.71. The number of methoxy groups -OCH3 is 1. The molecule has 0 amide bonds. The summed E-state index contributed by atoms with van der Waals surface area (Å²) in [6.45, 7) is 3.96. The van der Waals surface area contributed by atoms with Crippen LogP contribution in [0.3, 0.4) is 0 Å². The molecule has 1 aliphatic rings. The molecule has 1 atom stereocenters. The number of rotatable bonds is 5. The van der Waals surface area contributed by atoms with Crippen LogP contribution in [0.4, 0.5) is 0 Å². The lowest BCUT2D eigenvalue weighted by Gasteiger charge is -2.36. The average Bonchev–Trinajstić information content (AvgIpc) is 2.18. The predicted octanol–water partition coefficient (Wildman–Crippen LogP) is -0.0139. The molecule has 4 nitrogen and oxygen atoms in total. The maximum Gasteiger partial charge on any atom is 0.0626 e. The van der Waals surface area contributed by atoms with Crippen LogP contribution < -0.4 is 5.73 Å². The smallest absolute Gasteiger partial charge is 0.0626 e. The van der Waals surface area contributed by atoms with E-state index in [0.29, 0.717) is 6.61 Å². The molecule has 1 fully saturated rings. The Bertz CT molecular complexity index is 167. The lowest BCUT2D eigenvalue weighted by molar-refractivity contribution is 0.116. The summed E-state index contributed by atoms with van der Waals surface area (Å²) in [6.07, 6.45) is 2.51. The van der Waals surface area contributed by atoms with Crippen LogP contribution in [0.2, 0.25) is 0 Å². The van der Waals surface area contributed by atoms with Gasteiger partial charge in [0.1, 0.15) is 0 Å². The first kappa shape index (κ1) is 12.9. The molecule has 0 radical (unpaired) electrons. The second kappa shape index (κ2) is 6.43. The minimum absolute atomic E-state index is 0.158. The van der Waals surface area contributed by atoms with E-state index in [4.69, 9.17) is 10.5 Å². The van der Waals surface area contributed by atoms with Crippen molar-refractivity contribution in [2.75, 3.05) is 47.4 Å². The highest BCUT2D eigenvalue weighted by Gasteiger charge is 2.21. The number of nitrogens with zero attached hydrogens (tertiary/aromatic N) is 2. The van der Waals surface area contributed by atoms with Crippen molar-refractivity contribution in [3.05, 3.63) is 0 Å². The van der Waals surface area contributed by atoms with Crippen molar-refractivity contribution in [1.82, 2.24) is 9.80 Å². The van der Waals surface area contributed by atoms with Gasteiger partial charge in [-0.3, -0.25) is 0 Å². The van der Waals surface area contributed by atoms with E-state index in [1.807, 2.05) is 0 Å². The number of ether oxygens (including phenoxy) is 1. The Morgan fingerprint density at radius 3 is 2.47 bits per heavy atom. The van der Waals surface area contributed by atoms with Crippen LogP contribution in [-0.4, -0.2) is 69.3 Å². The van der Waals surface area contributed by atoms with Crippen molar-refractivity contribution in [2.24, 2.45) is 5.73 Å². The third-order valence-electron chi connectivity index (χ3n) is 3.16. The Kier molecular flexibility index (Phi) is 5.53. The second-order valence-corrected chi connectivity index (χ2v) is 4.71. The van der Waals surface area contributed by atoms with Gasteiger partial charge in [-0.2, -0.15) is 0 Å². The van der Waals surface area contributed by atoms with Crippen molar-refractivity contribution < 1.29 is 4.74 Å². The van der Waals surface area contributed by atoms with Crippen LogP contribution in [-0.2, 0) is 4.74 Å². The first-order chi connectivity index (χ1) is 7.13. The lowest BCUT2D eigenvalue weighted by atomic mass is 10.0. The number of piperidine rings is 1. The largest absolute Gasteiger partial charge is 0.383 e. The van der Waals surface area contributed by atoms with Gasteiger partial charge in [-0.15, -0.1) is 0 Å². The van der Waals surface area contributed by atoms with Gasteiger partial charge in [0, 0.05) is 25.7 Å². The molecular formula is C11H25N3O. The minimum atomic E-state index is 0.158. The summed E-state index contributed by atoms with van der Waals surface area (Å²) < 4.78 is 5.04. The zero-order valence-electron chi connectivity index (χ0n) is 10.3. The topological polar surface area (TPSA) is 41.7 Å². The molecule has 1 saturated heterocycles. The first-order valence-electron chi connectivity index (χ1n) is 5.76. The Balaban J connectivity index is 2.19. The molecule has 4 heteroatoms. The van der Waals surface area contributed by atoms with Gasteiger partial charge in [0.2, 0.25) is 0 Å². The maximum atomic E-state index is 5.93. The van der Waals surface area contributed by atoms with Gasteiger partial charge in [-0.1, -0.05) is 0 Å². The summed E-state index contributed by atoms with van der Waals surface area (Å²) in [5.74, 6) is 0. The summed E-state index contributed by atoms with van der Waals surface area (Å²) in [5.41, 5.74) is 5.93. The Hall–Kier alpha value is -0.160. The number of nitrogens with two attached hydrogens (primary N) is 1. The van der Waals surface area contributed by atoms with Gasteiger partial charge >= 0.3 is 0 Å². The van der Waals surface area contributed by atoms with E-state index < -0.39 is 0 Å². The number of likely N-dealkylation sites (tertiary alicyclic amines) is 1. The summed E-state index contributed by atoms with van der Waals surface area (Å²) in [6, 6.07) is 0.908. The quantitative estimate of drug-likeness (QED) is 0.700. The molecular weight excluding hydrogens is 190 g/mol. The van der Waals surface area contributed by atoms with Gasteiger partial charge in [0.05, 0.1) is 6.61 Å². The molecule has 0 bridgehead atoms. The highest BCUT2D eigenvalue weighted by molar-refractivity contribution is 4.79. The van der Waals surface area contributed by atoms with Crippen LogP contribution >= 0.6 is 0 Å². The molecule has 0 aliphatic carbocycles. The van der Waals surface area contributed by atoms with E-state index >= 15 is 0 Å². The van der Waals surface area contributed by atoms with E-state index in [-0.39, 0.29) is 6.04 Å². The van der Waals surface area contributed by atoms with Gasteiger partial charge in [0.25, 0.3) is 0 Å². The summed E-state index contributed by atoms with van der Waals surface area (Å²) >= 11 is 0. The number of hydrogen-bond acceptors (Lipinski definition) is 4. The maximum absolute atomic E-state index is 5.93. The molecule has 2 N–H and O–H groups in total. The third kappa shape index (κ3) is 4.47. The van der Waals surface area contributed by atoms with Crippen molar-refractivity contribution >= 4 is 0 Å². The van der Waals surface area contributed by atoms with Crippen molar-refractivity contribution in [1.29, 1.82) is 0 Å². The third-order valence-corrected chi connectivity index (χ3v) is 3.16. The fraction of sp³-hybridized carbons (Fsp3) is 1.00. The SMILES string of the molecule is COCC(N)CN1CCC(N(C)C)CC1. The Labute approximate surface area is 93.4 Å². The molecule has 1 unspecified atom stereocenters. The van der Waals surface area contributed by atoms with E-state index in [0.717, 1.165) is 12.6 Å². The van der Waals surface area contributed by atoms with E-state index in [1.54, 1.807) is 7.11 Å². The molecule has 1 rings (SSSR count). The van der Waals surface area contributed by atoms with Crippen LogP contribution in [0.25, 0.3) is 0 Å². The highest BCUT2D eigenvalue weighted by atomic mass is 16.5. The molecule has 15 heavy (non-hydrogen) atoms. The predicted molar refractivity (Wildman–Crippen MR) is 63.0 cm³/mol. The molecule has 90 valence electrons. The van der Waals surface area contributed by atoms with E-state index in [1.165, 1.54) is 25.9 Å². The summed E-state index contributed by atoms with van der Waals surface area (Å²) in [4.78, 5) is 4.77. The average molecular weight is 215 g/mol. The molecule has 1 heterocycles. The summed E-state index contributed by atoms with van der Waals surface area (Å²) in [7, 11) is 6.03. The molecule has 0 aromatic carbocycles. The van der Waals surface area contributed by atoms with Gasteiger partial charge < -0.3 is 20.3 Å². The molecule has 0 aromatic rings. The van der Waals surface area contributed by atoms with Crippen LogP contribution in [0.1, 0.15) is 12.8 Å². The standard InChI is InChI=1S/C11H25N3O/c1-13(2)11-4-6-14(7-5-11)8-10(12)9-15-3/h10-11H,4-9,12H2,1-3H3. The monoisotopic (exact) mass is 215 g/mol. The first-order valence-corrected chi connectivity index (χ1v) is 5.76. The molecule has 0 saturated carbocycles. The fourth-order valence-corrected chi connectivity index (χ4v) is 2.22. The Morgan fingerprint density at radius 2 is 2.00 bits per heavy atom. The fourth-order valence-electron chi connectivity index (χ4n) is 2.22. The lowest BCUT2D eigenvalue weighted by Crippen LogP contribution is -2.47. The van der Waals surface area contributed by atoms with E-state index in [2.05, 4.69) is 23.9 Å². The van der Waals surface area contributed by atoms with Crippen LogP contribution in [0.5, 0.6) is 0 Å². The number of hydrogen-bond donors (Lipinski definition) is 1. The van der Waals surface area contributed by atoms with Crippen LogP contribution in [0, 0.1) is 0 Å². The molecule has 0 spiro atoms. The van der Waals surface area contributed by atoms with Crippen molar-refractivity contribution in [3.8, 4) is 0 Å². The minimum Gasteiger partial charge on any atom is -0.383 e. The van der Waals surface area contributed by atoms with Gasteiger partial charge in [0.15, 0.2) is 0 Å². The van der Waals surface area contributed by atoms with Crippen molar-refractivity contribution in [2.45, 2.75) is 24.9 Å². The van der Waals surface area contributed by atoms with E-state index in [9.17, 15) is 0 Å². The Morgan fingerprint density at radius 1 is 1.40 bits per heavy atom.